The van der Waals surface area contributed by atoms with E-state index in [-0.39, 0.29) is 23.9 Å². The average molecular weight is 343 g/mol. The number of benzene rings is 1. The standard InChI is InChI=1S/C12H11BrF4O2/c1-2-19-11(18)4-3-7-5-10(14)8(6-9(7)13)12(15,16)17/h5-6H,2-4H2,1H3. The van der Waals surface area contributed by atoms with Crippen LogP contribution < -0.4 is 0 Å². The van der Waals surface area contributed by atoms with E-state index in [9.17, 15) is 22.4 Å². The Kier molecular flexibility index (Phi) is 5.34. The van der Waals surface area contributed by atoms with Crippen LogP contribution in [0.4, 0.5) is 17.6 Å². The van der Waals surface area contributed by atoms with Gasteiger partial charge in [0.25, 0.3) is 0 Å². The number of esters is 1. The maximum Gasteiger partial charge on any atom is 0.419 e. The van der Waals surface area contributed by atoms with Gasteiger partial charge in [-0.05, 0) is 31.0 Å². The Morgan fingerprint density at radius 2 is 2.00 bits per heavy atom. The number of hydrogen-bond acceptors (Lipinski definition) is 2. The van der Waals surface area contributed by atoms with Gasteiger partial charge in [-0.1, -0.05) is 15.9 Å². The second kappa shape index (κ2) is 6.36. The first-order valence-corrected chi connectivity index (χ1v) is 6.25. The van der Waals surface area contributed by atoms with E-state index in [1.54, 1.807) is 6.92 Å². The molecule has 2 nitrogen and oxygen atoms in total. The summed E-state index contributed by atoms with van der Waals surface area (Å²) in [6.45, 7) is 1.87. The quantitative estimate of drug-likeness (QED) is 0.608. The third kappa shape index (κ3) is 4.49. The molecule has 0 unspecified atom stereocenters. The second-order valence-electron chi connectivity index (χ2n) is 3.73. The number of carbonyl (C=O) groups is 1. The Balaban J connectivity index is 2.88. The summed E-state index contributed by atoms with van der Waals surface area (Å²) < 4.78 is 55.5. The van der Waals surface area contributed by atoms with Gasteiger partial charge in [-0.2, -0.15) is 13.2 Å². The summed E-state index contributed by atoms with van der Waals surface area (Å²) in [5, 5.41) is 0. The number of rotatable bonds is 4. The lowest BCUT2D eigenvalue weighted by molar-refractivity contribution is -0.143. The molecule has 1 rings (SSSR count). The van der Waals surface area contributed by atoms with Crippen molar-refractivity contribution in [1.82, 2.24) is 0 Å². The number of carbonyl (C=O) groups excluding carboxylic acids is 1. The van der Waals surface area contributed by atoms with E-state index >= 15 is 0 Å². The lowest BCUT2D eigenvalue weighted by atomic mass is 10.1. The first kappa shape index (κ1) is 15.9. The number of hydrogen-bond donors (Lipinski definition) is 0. The van der Waals surface area contributed by atoms with Crippen molar-refractivity contribution in [3.8, 4) is 0 Å². The molecule has 0 saturated heterocycles. The van der Waals surface area contributed by atoms with E-state index in [2.05, 4.69) is 20.7 Å². The lowest BCUT2D eigenvalue weighted by Crippen LogP contribution is -2.10. The minimum atomic E-state index is -4.74. The highest BCUT2D eigenvalue weighted by molar-refractivity contribution is 9.10. The van der Waals surface area contributed by atoms with Gasteiger partial charge in [0, 0.05) is 10.9 Å². The third-order valence-electron chi connectivity index (χ3n) is 2.35. The van der Waals surface area contributed by atoms with Crippen LogP contribution in [0.1, 0.15) is 24.5 Å². The third-order valence-corrected chi connectivity index (χ3v) is 3.08. The maximum absolute atomic E-state index is 13.3. The van der Waals surface area contributed by atoms with Gasteiger partial charge in [-0.25, -0.2) is 4.39 Å². The fourth-order valence-electron chi connectivity index (χ4n) is 1.47. The number of ether oxygens (including phenoxy) is 1. The van der Waals surface area contributed by atoms with Crippen molar-refractivity contribution in [2.45, 2.75) is 25.9 Å². The van der Waals surface area contributed by atoms with Gasteiger partial charge in [0.2, 0.25) is 0 Å². The Morgan fingerprint density at radius 3 is 2.53 bits per heavy atom. The molecule has 0 atom stereocenters. The molecule has 0 bridgehead atoms. The summed E-state index contributed by atoms with van der Waals surface area (Å²) >= 11 is 2.94. The van der Waals surface area contributed by atoms with Gasteiger partial charge in [-0.15, -0.1) is 0 Å². The molecule has 0 N–H and O–H groups in total. The second-order valence-corrected chi connectivity index (χ2v) is 4.58. The van der Waals surface area contributed by atoms with Gasteiger partial charge in [0.05, 0.1) is 12.2 Å². The van der Waals surface area contributed by atoms with Gasteiger partial charge in [-0.3, -0.25) is 4.79 Å². The number of alkyl halides is 3. The largest absolute Gasteiger partial charge is 0.466 e. The first-order chi connectivity index (χ1) is 8.75. The molecule has 106 valence electrons. The van der Waals surface area contributed by atoms with Gasteiger partial charge >= 0.3 is 12.1 Å². The molecule has 0 aliphatic rings. The highest BCUT2D eigenvalue weighted by Crippen LogP contribution is 2.34. The predicted molar refractivity (Wildman–Crippen MR) is 64.1 cm³/mol. The zero-order chi connectivity index (χ0) is 14.6. The fourth-order valence-corrected chi connectivity index (χ4v) is 2.01. The van der Waals surface area contributed by atoms with Crippen molar-refractivity contribution in [3.05, 3.63) is 33.5 Å². The van der Waals surface area contributed by atoms with Crippen molar-refractivity contribution in [2.24, 2.45) is 0 Å². The first-order valence-electron chi connectivity index (χ1n) is 5.46. The SMILES string of the molecule is CCOC(=O)CCc1cc(F)c(C(F)(F)F)cc1Br. The van der Waals surface area contributed by atoms with Crippen molar-refractivity contribution < 1.29 is 27.1 Å². The highest BCUT2D eigenvalue weighted by Gasteiger charge is 2.34. The minimum absolute atomic E-state index is 0.0166. The summed E-state index contributed by atoms with van der Waals surface area (Å²) in [5.74, 6) is -1.83. The monoisotopic (exact) mass is 342 g/mol. The van der Waals surface area contributed by atoms with Crippen molar-refractivity contribution in [1.29, 1.82) is 0 Å². The van der Waals surface area contributed by atoms with Crippen LogP contribution in [-0.2, 0) is 22.1 Å². The van der Waals surface area contributed by atoms with Crippen LogP contribution in [0.2, 0.25) is 0 Å². The normalized spacial score (nSPS) is 11.5. The molecular weight excluding hydrogens is 332 g/mol. The molecule has 0 spiro atoms. The molecule has 0 fully saturated rings. The molecule has 19 heavy (non-hydrogen) atoms. The summed E-state index contributed by atoms with van der Waals surface area (Å²) in [7, 11) is 0. The van der Waals surface area contributed by atoms with E-state index < -0.39 is 23.5 Å². The molecule has 0 aliphatic carbocycles. The lowest BCUT2D eigenvalue weighted by Gasteiger charge is -2.11. The fraction of sp³-hybridized carbons (Fsp3) is 0.417. The van der Waals surface area contributed by atoms with E-state index in [0.29, 0.717) is 11.6 Å². The van der Waals surface area contributed by atoms with Crippen LogP contribution in [0.3, 0.4) is 0 Å². The average Bonchev–Trinajstić information content (AvgIpc) is 2.28. The van der Waals surface area contributed by atoms with Crippen LogP contribution in [0.5, 0.6) is 0 Å². The zero-order valence-electron chi connectivity index (χ0n) is 9.98. The Hall–Kier alpha value is -1.11. The zero-order valence-corrected chi connectivity index (χ0v) is 11.6. The summed E-state index contributed by atoms with van der Waals surface area (Å²) in [6.07, 6.45) is -4.65. The van der Waals surface area contributed by atoms with E-state index in [1.165, 1.54) is 0 Å². The Labute approximate surface area is 115 Å². The number of aryl methyl sites for hydroxylation is 1. The topological polar surface area (TPSA) is 26.3 Å². The molecule has 0 amide bonds. The maximum atomic E-state index is 13.3. The molecule has 7 heteroatoms. The van der Waals surface area contributed by atoms with E-state index in [4.69, 9.17) is 0 Å². The molecule has 0 saturated carbocycles. The highest BCUT2D eigenvalue weighted by atomic mass is 79.9. The van der Waals surface area contributed by atoms with Gasteiger partial charge in [0.1, 0.15) is 5.82 Å². The summed E-state index contributed by atoms with van der Waals surface area (Å²) in [6, 6.07) is 1.46. The molecule has 1 aromatic carbocycles. The molecule has 0 aromatic heterocycles. The predicted octanol–water partition coefficient (Wildman–Crippen LogP) is 4.10. The van der Waals surface area contributed by atoms with Crippen LogP contribution in [0.25, 0.3) is 0 Å². The minimum Gasteiger partial charge on any atom is -0.466 e. The number of halogens is 5. The van der Waals surface area contributed by atoms with Crippen molar-refractivity contribution in [2.75, 3.05) is 6.61 Å². The van der Waals surface area contributed by atoms with Crippen molar-refractivity contribution >= 4 is 21.9 Å². The van der Waals surface area contributed by atoms with Crippen LogP contribution in [0.15, 0.2) is 16.6 Å². The van der Waals surface area contributed by atoms with E-state index in [0.717, 1.165) is 6.07 Å². The smallest absolute Gasteiger partial charge is 0.419 e. The Morgan fingerprint density at radius 1 is 1.37 bits per heavy atom. The van der Waals surface area contributed by atoms with Gasteiger partial charge < -0.3 is 4.74 Å². The molecule has 0 heterocycles. The molecule has 0 radical (unpaired) electrons. The van der Waals surface area contributed by atoms with E-state index in [1.807, 2.05) is 0 Å². The Bertz CT molecular complexity index is 472. The van der Waals surface area contributed by atoms with Crippen molar-refractivity contribution in [3.63, 3.8) is 0 Å². The molecular formula is C12H11BrF4O2. The summed E-state index contributed by atoms with van der Waals surface area (Å²) in [4.78, 5) is 11.1. The van der Waals surface area contributed by atoms with Crippen LogP contribution >= 0.6 is 15.9 Å². The van der Waals surface area contributed by atoms with Crippen LogP contribution in [-0.4, -0.2) is 12.6 Å². The summed E-state index contributed by atoms with van der Waals surface area (Å²) in [5.41, 5.74) is -1.04. The molecule has 1 aromatic rings. The van der Waals surface area contributed by atoms with Gasteiger partial charge in [0.15, 0.2) is 0 Å². The molecule has 0 aliphatic heterocycles. The van der Waals surface area contributed by atoms with Crippen LogP contribution in [0, 0.1) is 5.82 Å².